The predicted octanol–water partition coefficient (Wildman–Crippen LogP) is 1.85. The van der Waals surface area contributed by atoms with Crippen LogP contribution >= 0.6 is 0 Å². The van der Waals surface area contributed by atoms with Gasteiger partial charge in [-0.05, 0) is 37.5 Å². The second kappa shape index (κ2) is 6.22. The molecule has 1 amide bonds. The Labute approximate surface area is 142 Å². The molecule has 1 saturated heterocycles. The number of hydrogen-bond donors (Lipinski definition) is 1. The molecule has 2 aromatic rings. The molecule has 1 saturated carbocycles. The molecule has 0 radical (unpaired) electrons. The molecule has 1 aromatic heterocycles. The van der Waals surface area contributed by atoms with Gasteiger partial charge in [-0.1, -0.05) is 6.07 Å². The van der Waals surface area contributed by atoms with Crippen molar-refractivity contribution in [2.24, 2.45) is 7.05 Å². The maximum atomic E-state index is 13.0. The Morgan fingerprint density at radius 2 is 1.92 bits per heavy atom. The highest BCUT2D eigenvalue weighted by molar-refractivity contribution is 6.06. The van der Waals surface area contributed by atoms with Gasteiger partial charge >= 0.3 is 0 Å². The maximum absolute atomic E-state index is 13.0. The van der Waals surface area contributed by atoms with Gasteiger partial charge in [0.2, 0.25) is 0 Å². The zero-order valence-electron chi connectivity index (χ0n) is 14.2. The fraction of sp³-hybridized carbons (Fsp3) is 0.526. The lowest BCUT2D eigenvalue weighted by atomic mass is 10.1. The molecular weight excluding hydrogens is 302 g/mol. The fourth-order valence-corrected chi connectivity index (χ4v) is 4.26. The van der Waals surface area contributed by atoms with Gasteiger partial charge in [0.05, 0.1) is 6.10 Å². The molecule has 2 fully saturated rings. The summed E-state index contributed by atoms with van der Waals surface area (Å²) in [4.78, 5) is 17.3. The van der Waals surface area contributed by atoms with Crippen LogP contribution in [0.5, 0.6) is 0 Å². The van der Waals surface area contributed by atoms with Crippen LogP contribution in [-0.2, 0) is 7.05 Å². The topological polar surface area (TPSA) is 48.7 Å². The lowest BCUT2D eigenvalue weighted by Gasteiger charge is -2.39. The number of rotatable bonds is 2. The van der Waals surface area contributed by atoms with Gasteiger partial charge in [-0.2, -0.15) is 0 Å². The van der Waals surface area contributed by atoms with Crippen molar-refractivity contribution in [3.05, 3.63) is 36.0 Å². The zero-order valence-corrected chi connectivity index (χ0v) is 14.2. The molecule has 4 rings (SSSR count). The quantitative estimate of drug-likeness (QED) is 0.916. The molecule has 1 aliphatic carbocycles. The molecule has 24 heavy (non-hydrogen) atoms. The molecule has 128 valence electrons. The van der Waals surface area contributed by atoms with E-state index in [1.54, 1.807) is 0 Å². The van der Waals surface area contributed by atoms with Gasteiger partial charge in [0.25, 0.3) is 5.91 Å². The Hall–Kier alpha value is -1.85. The number of aliphatic hydroxyl groups is 1. The molecule has 0 spiro atoms. The van der Waals surface area contributed by atoms with Crippen molar-refractivity contribution in [2.45, 2.75) is 31.4 Å². The third-order valence-electron chi connectivity index (χ3n) is 5.67. The maximum Gasteiger partial charge on any atom is 0.254 e. The largest absolute Gasteiger partial charge is 0.391 e. The average molecular weight is 327 g/mol. The lowest BCUT2D eigenvalue weighted by Crippen LogP contribution is -2.53. The van der Waals surface area contributed by atoms with E-state index in [0.717, 1.165) is 61.9 Å². The monoisotopic (exact) mass is 327 g/mol. The van der Waals surface area contributed by atoms with E-state index in [0.29, 0.717) is 6.04 Å². The number of fused-ring (bicyclic) bond motifs is 1. The SMILES string of the molecule is Cn1ccc2c(C(=O)N3CCN([C@@H]4CCC[C@@H]4O)CC3)cccc21. The van der Waals surface area contributed by atoms with Crippen LogP contribution in [0, 0.1) is 0 Å². The van der Waals surface area contributed by atoms with Crippen LogP contribution in [0.4, 0.5) is 0 Å². The summed E-state index contributed by atoms with van der Waals surface area (Å²) in [5, 5.41) is 11.1. The van der Waals surface area contributed by atoms with Gasteiger partial charge in [-0.25, -0.2) is 0 Å². The Balaban J connectivity index is 1.48. The Morgan fingerprint density at radius 1 is 1.12 bits per heavy atom. The summed E-state index contributed by atoms with van der Waals surface area (Å²) in [5.74, 6) is 0.124. The average Bonchev–Trinajstić information content (AvgIpc) is 3.20. The number of nitrogens with zero attached hydrogens (tertiary/aromatic N) is 3. The molecule has 5 heteroatoms. The predicted molar refractivity (Wildman–Crippen MR) is 94.0 cm³/mol. The molecule has 2 aliphatic rings. The first kappa shape index (κ1) is 15.7. The van der Waals surface area contributed by atoms with Crippen LogP contribution in [0.25, 0.3) is 10.9 Å². The standard InChI is InChI=1S/C19H25N3O2/c1-20-9-8-14-15(4-2-5-16(14)20)19(24)22-12-10-21(11-13-22)17-6-3-7-18(17)23/h2,4-5,8-9,17-18,23H,3,6-7,10-13H2,1H3/t17-,18+/m1/s1. The van der Waals surface area contributed by atoms with Crippen LogP contribution in [0.2, 0.25) is 0 Å². The summed E-state index contributed by atoms with van der Waals surface area (Å²) in [6.45, 7) is 3.20. The van der Waals surface area contributed by atoms with E-state index in [1.807, 2.05) is 47.0 Å². The highest BCUT2D eigenvalue weighted by Crippen LogP contribution is 2.26. The molecule has 5 nitrogen and oxygen atoms in total. The van der Waals surface area contributed by atoms with E-state index < -0.39 is 0 Å². The highest BCUT2D eigenvalue weighted by atomic mass is 16.3. The smallest absolute Gasteiger partial charge is 0.254 e. The molecule has 0 unspecified atom stereocenters. The third kappa shape index (κ3) is 2.62. The molecule has 1 aliphatic heterocycles. The first-order valence-corrected chi connectivity index (χ1v) is 8.90. The van der Waals surface area contributed by atoms with E-state index in [4.69, 9.17) is 0 Å². The van der Waals surface area contributed by atoms with Gasteiger partial charge in [-0.15, -0.1) is 0 Å². The first-order chi connectivity index (χ1) is 11.6. The van der Waals surface area contributed by atoms with Gasteiger partial charge in [-0.3, -0.25) is 9.69 Å². The van der Waals surface area contributed by atoms with Crippen molar-refractivity contribution in [1.82, 2.24) is 14.4 Å². The summed E-state index contributed by atoms with van der Waals surface area (Å²) in [6, 6.07) is 8.25. The van der Waals surface area contributed by atoms with Crippen LogP contribution in [0.15, 0.2) is 30.5 Å². The van der Waals surface area contributed by atoms with E-state index in [-0.39, 0.29) is 12.0 Å². The number of hydrogen-bond acceptors (Lipinski definition) is 3. The van der Waals surface area contributed by atoms with Gasteiger partial charge in [0.1, 0.15) is 0 Å². The Morgan fingerprint density at radius 3 is 2.62 bits per heavy atom. The lowest BCUT2D eigenvalue weighted by molar-refractivity contribution is 0.0316. The van der Waals surface area contributed by atoms with Crippen LogP contribution in [0.1, 0.15) is 29.6 Å². The highest BCUT2D eigenvalue weighted by Gasteiger charge is 2.33. The number of aromatic nitrogens is 1. The molecular formula is C19H25N3O2. The minimum atomic E-state index is -0.190. The molecule has 2 heterocycles. The summed E-state index contributed by atoms with van der Waals surface area (Å²) in [5.41, 5.74) is 1.89. The van der Waals surface area contributed by atoms with Crippen LogP contribution in [-0.4, -0.2) is 63.7 Å². The Bertz CT molecular complexity index is 746. The van der Waals surface area contributed by atoms with Gasteiger partial charge < -0.3 is 14.6 Å². The molecule has 1 N–H and O–H groups in total. The second-order valence-corrected chi connectivity index (χ2v) is 7.06. The van der Waals surface area contributed by atoms with Gasteiger partial charge in [0, 0.05) is 61.9 Å². The summed E-state index contributed by atoms with van der Waals surface area (Å²) in [7, 11) is 2.00. The molecule has 0 bridgehead atoms. The number of aryl methyl sites for hydroxylation is 1. The number of aliphatic hydroxyl groups excluding tert-OH is 1. The summed E-state index contributed by atoms with van der Waals surface area (Å²) >= 11 is 0. The molecule has 2 atom stereocenters. The Kier molecular flexibility index (Phi) is 4.06. The number of piperazine rings is 1. The van der Waals surface area contributed by atoms with Crippen molar-refractivity contribution >= 4 is 16.8 Å². The number of carbonyl (C=O) groups excluding carboxylic acids is 1. The third-order valence-corrected chi connectivity index (χ3v) is 5.67. The van der Waals surface area contributed by atoms with Crippen LogP contribution in [0.3, 0.4) is 0 Å². The van der Waals surface area contributed by atoms with Gasteiger partial charge in [0.15, 0.2) is 0 Å². The zero-order chi connectivity index (χ0) is 16.7. The summed E-state index contributed by atoms with van der Waals surface area (Å²) in [6.07, 6.45) is 4.92. The minimum Gasteiger partial charge on any atom is -0.391 e. The van der Waals surface area contributed by atoms with Crippen molar-refractivity contribution in [3.8, 4) is 0 Å². The normalized spacial score (nSPS) is 25.5. The number of benzene rings is 1. The molecule has 1 aromatic carbocycles. The van der Waals surface area contributed by atoms with Crippen molar-refractivity contribution in [1.29, 1.82) is 0 Å². The van der Waals surface area contributed by atoms with E-state index in [1.165, 1.54) is 0 Å². The number of carbonyl (C=O) groups is 1. The van der Waals surface area contributed by atoms with Crippen LogP contribution < -0.4 is 0 Å². The summed E-state index contributed by atoms with van der Waals surface area (Å²) < 4.78 is 2.05. The number of amides is 1. The minimum absolute atomic E-state index is 0.124. The van der Waals surface area contributed by atoms with Crippen molar-refractivity contribution < 1.29 is 9.90 Å². The van der Waals surface area contributed by atoms with Crippen molar-refractivity contribution in [2.75, 3.05) is 26.2 Å². The second-order valence-electron chi connectivity index (χ2n) is 7.06. The van der Waals surface area contributed by atoms with E-state index in [9.17, 15) is 9.90 Å². The van der Waals surface area contributed by atoms with Crippen molar-refractivity contribution in [3.63, 3.8) is 0 Å². The fourth-order valence-electron chi connectivity index (χ4n) is 4.26. The first-order valence-electron chi connectivity index (χ1n) is 8.90. The van der Waals surface area contributed by atoms with E-state index >= 15 is 0 Å². The van der Waals surface area contributed by atoms with E-state index in [2.05, 4.69) is 4.90 Å².